The van der Waals surface area contributed by atoms with E-state index >= 15 is 0 Å². The molecule has 0 bridgehead atoms. The van der Waals surface area contributed by atoms with E-state index in [2.05, 4.69) is 27.7 Å². The molecule has 0 aromatic heterocycles. The minimum atomic E-state index is -2.41. The maximum atomic E-state index is 9.59. The summed E-state index contributed by atoms with van der Waals surface area (Å²) in [6, 6.07) is 0. The zero-order valence-corrected chi connectivity index (χ0v) is 16.5. The maximum Gasteiger partial charge on any atom is 0.217 e. The predicted molar refractivity (Wildman–Crippen MR) is 99.3 cm³/mol. The molecule has 0 aliphatic carbocycles. The van der Waals surface area contributed by atoms with Crippen LogP contribution in [0.5, 0.6) is 0 Å². The van der Waals surface area contributed by atoms with Crippen molar-refractivity contribution in [2.24, 2.45) is 23.7 Å². The topological polar surface area (TPSA) is 80.9 Å². The summed E-state index contributed by atoms with van der Waals surface area (Å²) in [5, 5.41) is 37.1. The lowest BCUT2D eigenvalue weighted by molar-refractivity contribution is -0.312. The van der Waals surface area contributed by atoms with E-state index in [1.165, 1.54) is 38.5 Å². The largest absolute Gasteiger partial charge is 0.364 e. The summed E-state index contributed by atoms with van der Waals surface area (Å²) in [6.45, 7) is 10.8. The van der Waals surface area contributed by atoms with Crippen LogP contribution in [0.4, 0.5) is 0 Å². The highest BCUT2D eigenvalue weighted by Crippen LogP contribution is 2.26. The number of aliphatic hydroxyl groups excluding tert-OH is 1. The summed E-state index contributed by atoms with van der Waals surface area (Å²) in [7, 11) is 0. The van der Waals surface area contributed by atoms with Crippen LogP contribution < -0.4 is 0 Å². The van der Waals surface area contributed by atoms with Gasteiger partial charge in [-0.3, -0.25) is 0 Å². The molecule has 3 unspecified atom stereocenters. The summed E-state index contributed by atoms with van der Waals surface area (Å²) < 4.78 is 0. The zero-order valence-electron chi connectivity index (χ0n) is 16.5. The fraction of sp³-hybridized carbons (Fsp3) is 1.00. The fourth-order valence-corrected chi connectivity index (χ4v) is 3.22. The van der Waals surface area contributed by atoms with Crippen molar-refractivity contribution < 1.29 is 20.4 Å². The molecule has 0 amide bonds. The Kier molecular flexibility index (Phi) is 12.2. The van der Waals surface area contributed by atoms with Crippen molar-refractivity contribution in [3.63, 3.8) is 0 Å². The molecule has 24 heavy (non-hydrogen) atoms. The van der Waals surface area contributed by atoms with Crippen LogP contribution in [0.2, 0.25) is 0 Å². The predicted octanol–water partition coefficient (Wildman–Crippen LogP) is 4.05. The van der Waals surface area contributed by atoms with E-state index in [9.17, 15) is 10.2 Å². The van der Waals surface area contributed by atoms with E-state index in [0.717, 1.165) is 24.7 Å². The second kappa shape index (κ2) is 12.2. The Hall–Kier alpha value is -0.160. The van der Waals surface area contributed by atoms with Gasteiger partial charge in [0.2, 0.25) is 12.1 Å². The number of hydrogen-bond donors (Lipinski definition) is 4. The molecular weight excluding hydrogens is 304 g/mol. The first-order chi connectivity index (χ1) is 11.1. The lowest BCUT2D eigenvalue weighted by atomic mass is 9.89. The molecule has 0 fully saturated rings. The molecule has 146 valence electrons. The number of aliphatic hydroxyl groups is 4. The van der Waals surface area contributed by atoms with Crippen molar-refractivity contribution in [3.8, 4) is 0 Å². The number of rotatable bonds is 14. The van der Waals surface area contributed by atoms with Crippen molar-refractivity contribution >= 4 is 0 Å². The molecule has 4 heteroatoms. The Morgan fingerprint density at radius 3 is 1.38 bits per heavy atom. The molecule has 0 aliphatic heterocycles. The van der Waals surface area contributed by atoms with Gasteiger partial charge in [0.15, 0.2) is 0 Å². The van der Waals surface area contributed by atoms with E-state index in [1.807, 2.05) is 0 Å². The average molecular weight is 347 g/mol. The molecule has 0 heterocycles. The van der Waals surface area contributed by atoms with Gasteiger partial charge in [0.1, 0.15) is 0 Å². The Morgan fingerprint density at radius 1 is 0.625 bits per heavy atom. The average Bonchev–Trinajstić information content (AvgIpc) is 2.46. The molecule has 0 aromatic carbocycles. The maximum absolute atomic E-state index is 9.59. The molecule has 0 saturated carbocycles. The van der Waals surface area contributed by atoms with Gasteiger partial charge >= 0.3 is 0 Å². The van der Waals surface area contributed by atoms with Crippen LogP contribution in [-0.2, 0) is 0 Å². The van der Waals surface area contributed by atoms with E-state index in [-0.39, 0.29) is 0 Å². The van der Waals surface area contributed by atoms with Crippen LogP contribution in [0.25, 0.3) is 0 Å². The summed E-state index contributed by atoms with van der Waals surface area (Å²) in [5.74, 6) is -0.708. The van der Waals surface area contributed by atoms with Crippen LogP contribution in [0.15, 0.2) is 0 Å². The Morgan fingerprint density at radius 2 is 1.00 bits per heavy atom. The molecule has 4 nitrogen and oxygen atoms in total. The van der Waals surface area contributed by atoms with Gasteiger partial charge in [0.05, 0.1) is 0 Å². The molecule has 3 atom stereocenters. The molecule has 0 aliphatic rings. The third kappa shape index (κ3) is 10.7. The molecule has 4 N–H and O–H groups in total. The summed E-state index contributed by atoms with van der Waals surface area (Å²) in [6.07, 6.45) is 8.18. The minimum Gasteiger partial charge on any atom is -0.364 e. The summed E-state index contributed by atoms with van der Waals surface area (Å²) in [5.41, 5.74) is 0. The molecule has 0 aromatic rings. The minimum absolute atomic E-state index is 0.550. The second-order valence-electron chi connectivity index (χ2n) is 8.45. The highest BCUT2D eigenvalue weighted by atomic mass is 16.6. The Balaban J connectivity index is 3.75. The van der Waals surface area contributed by atoms with Crippen LogP contribution in [-0.4, -0.2) is 32.5 Å². The Bertz CT molecular complexity index is 302. The van der Waals surface area contributed by atoms with E-state index < -0.39 is 18.0 Å². The van der Waals surface area contributed by atoms with E-state index in [0.29, 0.717) is 12.3 Å². The van der Waals surface area contributed by atoms with Gasteiger partial charge in [-0.25, -0.2) is 0 Å². The van der Waals surface area contributed by atoms with Gasteiger partial charge in [0, 0.05) is 5.92 Å². The van der Waals surface area contributed by atoms with Crippen molar-refractivity contribution in [2.45, 2.75) is 104 Å². The van der Waals surface area contributed by atoms with Crippen molar-refractivity contribution in [3.05, 3.63) is 0 Å². The first-order valence-corrected chi connectivity index (χ1v) is 9.88. The zero-order chi connectivity index (χ0) is 18.8. The molecule has 0 spiro atoms. The van der Waals surface area contributed by atoms with E-state index in [1.54, 1.807) is 6.92 Å². The molecule has 0 radical (unpaired) electrons. The lowest BCUT2D eigenvalue weighted by Crippen LogP contribution is -2.47. The van der Waals surface area contributed by atoms with Crippen LogP contribution >= 0.6 is 0 Å². The van der Waals surface area contributed by atoms with Crippen molar-refractivity contribution in [1.29, 1.82) is 0 Å². The quantitative estimate of drug-likeness (QED) is 0.358. The molecule has 0 rings (SSSR count). The summed E-state index contributed by atoms with van der Waals surface area (Å²) >= 11 is 0. The van der Waals surface area contributed by atoms with Crippen molar-refractivity contribution in [2.75, 3.05) is 0 Å². The molecule has 0 saturated heterocycles. The van der Waals surface area contributed by atoms with Gasteiger partial charge in [-0.2, -0.15) is 0 Å². The van der Waals surface area contributed by atoms with Gasteiger partial charge < -0.3 is 20.4 Å². The van der Waals surface area contributed by atoms with Gasteiger partial charge in [-0.15, -0.1) is 0 Å². The van der Waals surface area contributed by atoms with Crippen molar-refractivity contribution in [1.82, 2.24) is 0 Å². The Labute approximate surface area is 149 Å². The standard InChI is InChI=1S/C20H42O4/c1-15(2)9-6-10-16(3)11-7-12-17(4)13-8-14-18(5)20(23,24)19(21)22/h15-19,21-24H,6-14H2,1-5H3. The SMILES string of the molecule is CC(C)CCCC(C)CCCC(C)CCCC(C)C(O)(O)C(O)O. The van der Waals surface area contributed by atoms with Crippen LogP contribution in [0.3, 0.4) is 0 Å². The first kappa shape index (κ1) is 23.8. The van der Waals surface area contributed by atoms with Crippen LogP contribution in [0.1, 0.15) is 92.4 Å². The molecular formula is C20H42O4. The third-order valence-electron chi connectivity index (χ3n) is 5.31. The summed E-state index contributed by atoms with van der Waals surface area (Å²) in [4.78, 5) is 0. The second-order valence-corrected chi connectivity index (χ2v) is 8.45. The first-order valence-electron chi connectivity index (χ1n) is 9.88. The van der Waals surface area contributed by atoms with Crippen LogP contribution in [0, 0.1) is 23.7 Å². The van der Waals surface area contributed by atoms with Gasteiger partial charge in [-0.05, 0) is 24.2 Å². The normalized spacial score (nSPS) is 16.6. The smallest absolute Gasteiger partial charge is 0.217 e. The lowest BCUT2D eigenvalue weighted by Gasteiger charge is -2.30. The number of hydrogen-bond acceptors (Lipinski definition) is 4. The highest BCUT2D eigenvalue weighted by Gasteiger charge is 2.37. The fourth-order valence-electron chi connectivity index (χ4n) is 3.22. The van der Waals surface area contributed by atoms with Gasteiger partial charge in [0.25, 0.3) is 0 Å². The monoisotopic (exact) mass is 346 g/mol. The van der Waals surface area contributed by atoms with Gasteiger partial charge in [-0.1, -0.05) is 86.0 Å². The third-order valence-corrected chi connectivity index (χ3v) is 5.31. The van der Waals surface area contributed by atoms with E-state index in [4.69, 9.17) is 10.2 Å². The highest BCUT2D eigenvalue weighted by molar-refractivity contribution is 4.74.